The van der Waals surface area contributed by atoms with E-state index in [1.807, 2.05) is 20.8 Å². The third kappa shape index (κ3) is 2.88. The van der Waals surface area contributed by atoms with Crippen LogP contribution < -0.4 is 0 Å². The highest BCUT2D eigenvalue weighted by molar-refractivity contribution is 7.17. The third-order valence-corrected chi connectivity index (χ3v) is 4.33. The first kappa shape index (κ1) is 14.7. The Balaban J connectivity index is 2.34. The maximum atomic E-state index is 12.9. The van der Waals surface area contributed by atoms with E-state index < -0.39 is 0 Å². The molecule has 0 aliphatic rings. The molecule has 5 heteroatoms. The molecule has 0 saturated heterocycles. The van der Waals surface area contributed by atoms with Crippen molar-refractivity contribution in [3.05, 3.63) is 40.7 Å². The number of nitrogens with zero attached hydrogens (tertiary/aromatic N) is 2. The van der Waals surface area contributed by atoms with E-state index in [1.165, 1.54) is 23.5 Å². The van der Waals surface area contributed by atoms with Crippen molar-refractivity contribution in [2.45, 2.75) is 20.8 Å². The number of hydrogen-bond donors (Lipinski definition) is 0. The van der Waals surface area contributed by atoms with Gasteiger partial charge in [-0.1, -0.05) is 0 Å². The van der Waals surface area contributed by atoms with Gasteiger partial charge in [0.05, 0.1) is 5.69 Å². The lowest BCUT2D eigenvalue weighted by Crippen LogP contribution is -2.30. The molecule has 0 N–H and O–H groups in total. The SMILES string of the molecule is CCN(CC)C(=O)c1sc(-c2ccc(F)cc2)nc1C. The lowest BCUT2D eigenvalue weighted by molar-refractivity contribution is 0.0777. The Bertz CT molecular complexity index is 603. The molecule has 1 heterocycles. The number of rotatable bonds is 4. The Morgan fingerprint density at radius 3 is 2.40 bits per heavy atom. The number of thiazole rings is 1. The molecule has 1 aromatic heterocycles. The number of halogens is 1. The molecule has 2 rings (SSSR count). The minimum atomic E-state index is -0.276. The fourth-order valence-electron chi connectivity index (χ4n) is 1.97. The zero-order chi connectivity index (χ0) is 14.7. The fourth-order valence-corrected chi connectivity index (χ4v) is 3.00. The summed E-state index contributed by atoms with van der Waals surface area (Å²) >= 11 is 1.36. The zero-order valence-electron chi connectivity index (χ0n) is 11.8. The van der Waals surface area contributed by atoms with Gasteiger partial charge in [-0.25, -0.2) is 9.37 Å². The molecule has 0 saturated carbocycles. The van der Waals surface area contributed by atoms with Crippen molar-refractivity contribution in [1.82, 2.24) is 9.88 Å². The molecule has 0 atom stereocenters. The van der Waals surface area contributed by atoms with Crippen LogP contribution in [0.15, 0.2) is 24.3 Å². The van der Waals surface area contributed by atoms with Gasteiger partial charge in [-0.15, -0.1) is 11.3 Å². The summed E-state index contributed by atoms with van der Waals surface area (Å²) in [5, 5.41) is 0.748. The Morgan fingerprint density at radius 1 is 1.25 bits per heavy atom. The summed E-state index contributed by atoms with van der Waals surface area (Å²) in [5.41, 5.74) is 1.56. The van der Waals surface area contributed by atoms with Crippen molar-refractivity contribution < 1.29 is 9.18 Å². The first-order valence-electron chi connectivity index (χ1n) is 6.59. The second-order valence-corrected chi connectivity index (χ2v) is 5.42. The normalized spacial score (nSPS) is 10.6. The molecule has 0 bridgehead atoms. The van der Waals surface area contributed by atoms with Gasteiger partial charge in [-0.05, 0) is 45.0 Å². The van der Waals surface area contributed by atoms with Crippen molar-refractivity contribution in [3.63, 3.8) is 0 Å². The highest BCUT2D eigenvalue weighted by atomic mass is 32.1. The van der Waals surface area contributed by atoms with Crippen molar-refractivity contribution in [2.24, 2.45) is 0 Å². The highest BCUT2D eigenvalue weighted by Gasteiger charge is 2.19. The Hall–Kier alpha value is -1.75. The van der Waals surface area contributed by atoms with E-state index in [2.05, 4.69) is 4.98 Å². The molecule has 1 aromatic carbocycles. The number of carbonyl (C=O) groups is 1. The summed E-state index contributed by atoms with van der Waals surface area (Å²) in [5.74, 6) is -0.264. The predicted octanol–water partition coefficient (Wildman–Crippen LogP) is 3.74. The number of carbonyl (C=O) groups excluding carboxylic acids is 1. The number of amides is 1. The first-order valence-corrected chi connectivity index (χ1v) is 7.41. The molecule has 3 nitrogen and oxygen atoms in total. The average molecular weight is 292 g/mol. The van der Waals surface area contributed by atoms with Crippen LogP contribution in [0.25, 0.3) is 10.6 Å². The quantitative estimate of drug-likeness (QED) is 0.860. The smallest absolute Gasteiger partial charge is 0.265 e. The minimum absolute atomic E-state index is 0.0124. The van der Waals surface area contributed by atoms with E-state index >= 15 is 0 Å². The van der Waals surface area contributed by atoms with Crippen molar-refractivity contribution in [3.8, 4) is 10.6 Å². The van der Waals surface area contributed by atoms with Gasteiger partial charge in [0.25, 0.3) is 5.91 Å². The molecular weight excluding hydrogens is 275 g/mol. The van der Waals surface area contributed by atoms with Crippen molar-refractivity contribution >= 4 is 17.2 Å². The van der Waals surface area contributed by atoms with Gasteiger partial charge < -0.3 is 4.90 Å². The van der Waals surface area contributed by atoms with Crippen LogP contribution in [-0.2, 0) is 0 Å². The molecule has 0 spiro atoms. The zero-order valence-corrected chi connectivity index (χ0v) is 12.6. The Morgan fingerprint density at radius 2 is 1.85 bits per heavy atom. The van der Waals surface area contributed by atoms with Gasteiger partial charge in [0, 0.05) is 18.7 Å². The van der Waals surface area contributed by atoms with Crippen LogP contribution >= 0.6 is 11.3 Å². The molecule has 106 valence electrons. The summed E-state index contributed by atoms with van der Waals surface area (Å²) in [6.45, 7) is 7.11. The highest BCUT2D eigenvalue weighted by Crippen LogP contribution is 2.28. The van der Waals surface area contributed by atoms with E-state index in [9.17, 15) is 9.18 Å². The molecule has 0 aliphatic heterocycles. The molecule has 0 radical (unpaired) electrons. The minimum Gasteiger partial charge on any atom is -0.338 e. The van der Waals surface area contributed by atoms with Gasteiger partial charge in [0.15, 0.2) is 0 Å². The summed E-state index contributed by atoms with van der Waals surface area (Å²) in [7, 11) is 0. The number of aromatic nitrogens is 1. The van der Waals surface area contributed by atoms with Crippen LogP contribution in [0.4, 0.5) is 4.39 Å². The number of aryl methyl sites for hydroxylation is 1. The van der Waals surface area contributed by atoms with Crippen molar-refractivity contribution in [1.29, 1.82) is 0 Å². The van der Waals surface area contributed by atoms with Gasteiger partial charge in [-0.2, -0.15) is 0 Å². The Kier molecular flexibility index (Phi) is 4.49. The van der Waals surface area contributed by atoms with E-state index in [0.29, 0.717) is 18.0 Å². The van der Waals surface area contributed by atoms with Gasteiger partial charge in [0.1, 0.15) is 15.7 Å². The van der Waals surface area contributed by atoms with Gasteiger partial charge in [0.2, 0.25) is 0 Å². The molecule has 0 fully saturated rings. The van der Waals surface area contributed by atoms with Crippen LogP contribution in [0.3, 0.4) is 0 Å². The number of hydrogen-bond acceptors (Lipinski definition) is 3. The molecule has 2 aromatic rings. The summed E-state index contributed by atoms with van der Waals surface area (Å²) < 4.78 is 12.9. The summed E-state index contributed by atoms with van der Waals surface area (Å²) in [4.78, 5) is 19.2. The molecular formula is C15H17FN2OS. The fraction of sp³-hybridized carbons (Fsp3) is 0.333. The first-order chi connectivity index (χ1) is 9.56. The average Bonchev–Trinajstić information content (AvgIpc) is 2.83. The molecule has 0 unspecified atom stereocenters. The van der Waals surface area contributed by atoms with Crippen LogP contribution in [0.1, 0.15) is 29.2 Å². The lowest BCUT2D eigenvalue weighted by Gasteiger charge is -2.17. The van der Waals surface area contributed by atoms with Crippen LogP contribution in [0.5, 0.6) is 0 Å². The summed E-state index contributed by atoms with van der Waals surface area (Å²) in [6.07, 6.45) is 0. The predicted molar refractivity (Wildman–Crippen MR) is 79.5 cm³/mol. The van der Waals surface area contributed by atoms with Crippen LogP contribution in [0.2, 0.25) is 0 Å². The summed E-state index contributed by atoms with van der Waals surface area (Å²) in [6, 6.07) is 6.16. The Labute approximate surface area is 122 Å². The van der Waals surface area contributed by atoms with E-state index in [4.69, 9.17) is 0 Å². The largest absolute Gasteiger partial charge is 0.338 e. The van der Waals surface area contributed by atoms with Crippen LogP contribution in [-0.4, -0.2) is 28.9 Å². The van der Waals surface area contributed by atoms with Crippen molar-refractivity contribution in [2.75, 3.05) is 13.1 Å². The number of benzene rings is 1. The molecule has 1 amide bonds. The maximum Gasteiger partial charge on any atom is 0.265 e. The monoisotopic (exact) mass is 292 g/mol. The molecule has 0 aliphatic carbocycles. The second kappa shape index (κ2) is 6.13. The molecule has 20 heavy (non-hydrogen) atoms. The maximum absolute atomic E-state index is 12.9. The van der Waals surface area contributed by atoms with Gasteiger partial charge in [-0.3, -0.25) is 4.79 Å². The topological polar surface area (TPSA) is 33.2 Å². The van der Waals surface area contributed by atoms with E-state index in [0.717, 1.165) is 16.3 Å². The second-order valence-electron chi connectivity index (χ2n) is 4.42. The van der Waals surface area contributed by atoms with Gasteiger partial charge >= 0.3 is 0 Å². The third-order valence-electron chi connectivity index (χ3n) is 3.13. The van der Waals surface area contributed by atoms with E-state index in [-0.39, 0.29) is 11.7 Å². The van der Waals surface area contributed by atoms with Crippen LogP contribution in [0, 0.1) is 12.7 Å². The van der Waals surface area contributed by atoms with E-state index in [1.54, 1.807) is 17.0 Å². The lowest BCUT2D eigenvalue weighted by atomic mass is 10.2. The standard InChI is InChI=1S/C15H17FN2OS/c1-4-18(5-2)15(19)13-10(3)17-14(20-13)11-6-8-12(16)9-7-11/h6-9H,4-5H2,1-3H3.